The molecule has 5 nitrogen and oxygen atoms in total. The lowest BCUT2D eigenvalue weighted by Crippen LogP contribution is -2.25. The van der Waals surface area contributed by atoms with E-state index in [1.807, 2.05) is 70.2 Å². The van der Waals surface area contributed by atoms with Gasteiger partial charge in [0, 0.05) is 43.5 Å². The minimum absolute atomic E-state index is 0.188. The highest BCUT2D eigenvalue weighted by Crippen LogP contribution is 2.38. The number of phenols is 4. The van der Waals surface area contributed by atoms with E-state index in [2.05, 4.69) is 41.3 Å². The molecule has 0 aliphatic carbocycles. The zero-order valence-electron chi connectivity index (χ0n) is 28.6. The summed E-state index contributed by atoms with van der Waals surface area (Å²) in [5, 5.41) is 46.5. The number of hydrogen-bond donors (Lipinski definition) is 4. The maximum Gasteiger partial charge on any atom is 0.123 e. The van der Waals surface area contributed by atoms with E-state index in [0.717, 1.165) is 92.6 Å². The van der Waals surface area contributed by atoms with E-state index < -0.39 is 0 Å². The molecule has 0 saturated carbocycles. The van der Waals surface area contributed by atoms with Crippen LogP contribution in [0.25, 0.3) is 0 Å². The Labute approximate surface area is 284 Å². The Morgan fingerprint density at radius 3 is 1.17 bits per heavy atom. The third-order valence-electron chi connectivity index (χ3n) is 9.61. The maximum absolute atomic E-state index is 11.7. The molecule has 1 aliphatic rings. The van der Waals surface area contributed by atoms with Gasteiger partial charge in [0.05, 0.1) is 0 Å². The van der Waals surface area contributed by atoms with Crippen LogP contribution < -0.4 is 0 Å². The number of phenolic OH excluding ortho intramolecular Hbond substituents is 4. The Balaban J connectivity index is 1.45. The van der Waals surface area contributed by atoms with Crippen LogP contribution in [0.4, 0.5) is 0 Å². The Morgan fingerprint density at radius 2 is 0.792 bits per heavy atom. The van der Waals surface area contributed by atoms with Gasteiger partial charge in [0.15, 0.2) is 0 Å². The molecule has 5 aromatic carbocycles. The van der Waals surface area contributed by atoms with Crippen molar-refractivity contribution in [2.45, 2.75) is 79.3 Å². The van der Waals surface area contributed by atoms with Crippen LogP contribution in [0.15, 0.2) is 78.9 Å². The summed E-state index contributed by atoms with van der Waals surface area (Å²) in [4.78, 5) is 2.31. The summed E-state index contributed by atoms with van der Waals surface area (Å²) in [5.74, 6) is 0.863. The summed E-state index contributed by atoms with van der Waals surface area (Å²) in [7, 11) is 0. The minimum atomic E-state index is 0.188. The van der Waals surface area contributed by atoms with Crippen LogP contribution >= 0.6 is 0 Å². The van der Waals surface area contributed by atoms with Crippen LogP contribution in [0.2, 0.25) is 0 Å². The Kier molecular flexibility index (Phi) is 9.79. The summed E-state index contributed by atoms with van der Waals surface area (Å²) < 4.78 is 0. The van der Waals surface area contributed by atoms with Gasteiger partial charge in [-0.25, -0.2) is 0 Å². The van der Waals surface area contributed by atoms with Crippen molar-refractivity contribution >= 4 is 0 Å². The van der Waals surface area contributed by atoms with Crippen molar-refractivity contribution in [3.05, 3.63) is 151 Å². The number of fused-ring (bicyclic) bond motifs is 8. The molecule has 5 aromatic rings. The first-order valence-electron chi connectivity index (χ1n) is 17.1. The molecular weight excluding hydrogens is 594 g/mol. The predicted octanol–water partition coefficient (Wildman–Crippen LogP) is 8.85. The predicted molar refractivity (Wildman–Crippen MR) is 193 cm³/mol. The molecule has 6 rings (SSSR count). The monoisotopic (exact) mass is 641 g/mol. The second-order valence-electron chi connectivity index (χ2n) is 13.9. The lowest BCUT2D eigenvalue weighted by atomic mass is 9.91. The molecule has 0 fully saturated rings. The molecule has 0 aromatic heterocycles. The normalized spacial score (nSPS) is 13.6. The lowest BCUT2D eigenvalue weighted by molar-refractivity contribution is 0.244. The first kappa shape index (κ1) is 33.2. The van der Waals surface area contributed by atoms with Crippen molar-refractivity contribution in [1.82, 2.24) is 4.90 Å². The Hall–Kier alpha value is -4.74. The third kappa shape index (κ3) is 7.53. The van der Waals surface area contributed by atoms with Gasteiger partial charge in [-0.05, 0) is 92.4 Å². The zero-order chi connectivity index (χ0) is 33.9. The molecule has 1 heterocycles. The van der Waals surface area contributed by atoms with Crippen LogP contribution in [0.5, 0.6) is 23.0 Å². The standard InChI is InChI=1S/C43H47NO4/c1-27-14-32-22-33-15-28(2)17-35(41(33)46)24-37-19-30(4)21-39(43(37)48)26-44(13-9-8-12-31-10-6-5-7-11-31)25-38-20-29(3)18-36(42(38)47)23-34(16-27)40(32)45/h5-7,10-11,14-21,45-48H,8-9,12-13,22-26H2,1-4H3. The molecule has 4 N–H and O–H groups in total. The van der Waals surface area contributed by atoms with Crippen LogP contribution in [0, 0.1) is 27.7 Å². The van der Waals surface area contributed by atoms with Gasteiger partial charge in [0.2, 0.25) is 0 Å². The average Bonchev–Trinajstić information content (AvgIpc) is 3.04. The van der Waals surface area contributed by atoms with Crippen molar-refractivity contribution in [2.75, 3.05) is 6.54 Å². The van der Waals surface area contributed by atoms with Gasteiger partial charge >= 0.3 is 0 Å². The van der Waals surface area contributed by atoms with Crippen LogP contribution in [0.3, 0.4) is 0 Å². The molecule has 1 aliphatic heterocycles. The fourth-order valence-corrected chi connectivity index (χ4v) is 7.41. The van der Waals surface area contributed by atoms with Gasteiger partial charge < -0.3 is 20.4 Å². The van der Waals surface area contributed by atoms with Crippen LogP contribution in [-0.4, -0.2) is 31.9 Å². The van der Waals surface area contributed by atoms with Crippen molar-refractivity contribution in [2.24, 2.45) is 0 Å². The topological polar surface area (TPSA) is 84.2 Å². The van der Waals surface area contributed by atoms with Gasteiger partial charge in [-0.2, -0.15) is 0 Å². The fourth-order valence-electron chi connectivity index (χ4n) is 7.41. The molecule has 0 saturated heterocycles. The van der Waals surface area contributed by atoms with E-state index in [1.165, 1.54) is 5.56 Å². The molecule has 5 heteroatoms. The molecule has 0 atom stereocenters. The van der Waals surface area contributed by atoms with Gasteiger partial charge in [0.1, 0.15) is 23.0 Å². The van der Waals surface area contributed by atoms with Crippen molar-refractivity contribution < 1.29 is 20.4 Å². The molecular formula is C43H47NO4. The van der Waals surface area contributed by atoms with Crippen molar-refractivity contribution in [1.29, 1.82) is 0 Å². The number of unbranched alkanes of at least 4 members (excludes halogenated alkanes) is 1. The second kappa shape index (κ2) is 14.2. The average molecular weight is 642 g/mol. The third-order valence-corrected chi connectivity index (χ3v) is 9.61. The molecule has 48 heavy (non-hydrogen) atoms. The summed E-state index contributed by atoms with van der Waals surface area (Å²) >= 11 is 0. The van der Waals surface area contributed by atoms with Gasteiger partial charge in [-0.15, -0.1) is 0 Å². The molecule has 248 valence electrons. The number of aryl methyl sites for hydroxylation is 5. The van der Waals surface area contributed by atoms with E-state index in [0.29, 0.717) is 32.4 Å². The van der Waals surface area contributed by atoms with Gasteiger partial charge in [-0.1, -0.05) is 101 Å². The maximum atomic E-state index is 11.7. The highest BCUT2D eigenvalue weighted by atomic mass is 16.3. The highest BCUT2D eigenvalue weighted by Gasteiger charge is 2.21. The molecule has 0 unspecified atom stereocenters. The molecule has 8 bridgehead atoms. The number of benzene rings is 5. The van der Waals surface area contributed by atoms with Crippen molar-refractivity contribution in [3.63, 3.8) is 0 Å². The number of hydrogen-bond acceptors (Lipinski definition) is 5. The SMILES string of the molecule is Cc1cc2c(O)c(c1)Cc1cc(C)cc(c1O)CN(CCCCc1ccccc1)Cc1cc(C)cc(c1O)Cc1cc(C)cc(c1O)C2. The summed E-state index contributed by atoms with van der Waals surface area (Å²) in [6.45, 7) is 9.93. The highest BCUT2D eigenvalue weighted by molar-refractivity contribution is 5.55. The number of rotatable bonds is 5. The molecule has 0 amide bonds. The summed E-state index contributed by atoms with van der Waals surface area (Å²) in [5.41, 5.74) is 11.6. The largest absolute Gasteiger partial charge is 0.507 e. The molecule has 0 spiro atoms. The van der Waals surface area contributed by atoms with Crippen molar-refractivity contribution in [3.8, 4) is 23.0 Å². The van der Waals surface area contributed by atoms with Gasteiger partial charge in [-0.3, -0.25) is 4.90 Å². The first-order chi connectivity index (χ1) is 23.0. The Morgan fingerprint density at radius 1 is 0.458 bits per heavy atom. The zero-order valence-corrected chi connectivity index (χ0v) is 28.6. The minimum Gasteiger partial charge on any atom is -0.507 e. The summed E-state index contributed by atoms with van der Waals surface area (Å²) in [6, 6.07) is 26.5. The Bertz CT molecular complexity index is 1830. The smallest absolute Gasteiger partial charge is 0.123 e. The second-order valence-corrected chi connectivity index (χ2v) is 13.9. The summed E-state index contributed by atoms with van der Waals surface area (Å²) in [6.07, 6.45) is 4.11. The van der Waals surface area contributed by atoms with E-state index in [9.17, 15) is 20.4 Å². The first-order valence-corrected chi connectivity index (χ1v) is 17.1. The van der Waals surface area contributed by atoms with Crippen LogP contribution in [0.1, 0.15) is 85.2 Å². The quantitative estimate of drug-likeness (QED) is 0.144. The fraction of sp³-hybridized carbons (Fsp3) is 0.302. The number of nitrogens with zero attached hydrogens (tertiary/aromatic N) is 1. The van der Waals surface area contributed by atoms with Gasteiger partial charge in [0.25, 0.3) is 0 Å². The van der Waals surface area contributed by atoms with E-state index in [1.54, 1.807) is 0 Å². The van der Waals surface area contributed by atoms with E-state index >= 15 is 0 Å². The number of aromatic hydroxyl groups is 4. The lowest BCUT2D eigenvalue weighted by Gasteiger charge is -2.25. The van der Waals surface area contributed by atoms with E-state index in [-0.39, 0.29) is 23.0 Å². The van der Waals surface area contributed by atoms with Crippen LogP contribution in [-0.2, 0) is 38.8 Å². The van der Waals surface area contributed by atoms with E-state index in [4.69, 9.17) is 0 Å². The molecule has 0 radical (unpaired) electrons.